The topological polar surface area (TPSA) is 58.6 Å². The summed E-state index contributed by atoms with van der Waals surface area (Å²) in [6, 6.07) is 5.21. The minimum absolute atomic E-state index is 0.0772. The Hall–Kier alpha value is -1.07. The molecule has 0 heterocycles. The van der Waals surface area contributed by atoms with E-state index in [4.69, 9.17) is 9.84 Å². The van der Waals surface area contributed by atoms with Gasteiger partial charge >= 0.3 is 0 Å². The van der Waals surface area contributed by atoms with Gasteiger partial charge in [-0.2, -0.15) is 0 Å². The molecule has 1 atom stereocenters. The molecule has 5 heteroatoms. The van der Waals surface area contributed by atoms with Crippen molar-refractivity contribution in [2.24, 2.45) is 0 Å². The number of rotatable bonds is 4. The summed E-state index contributed by atoms with van der Waals surface area (Å²) in [5, 5.41) is 11.6. The van der Waals surface area contributed by atoms with Crippen LogP contribution in [0.5, 0.6) is 5.75 Å². The Kier molecular flexibility index (Phi) is 4.76. The van der Waals surface area contributed by atoms with E-state index in [1.54, 1.807) is 32.2 Å². The molecule has 0 aliphatic carbocycles. The van der Waals surface area contributed by atoms with Crippen LogP contribution in [0.1, 0.15) is 12.5 Å². The third kappa shape index (κ3) is 3.21. The van der Waals surface area contributed by atoms with E-state index in [0.29, 0.717) is 5.75 Å². The summed E-state index contributed by atoms with van der Waals surface area (Å²) >= 11 is 3.30. The van der Waals surface area contributed by atoms with Gasteiger partial charge in [0.05, 0.1) is 6.61 Å². The number of carbonyl (C=O) groups excluding carboxylic acids is 1. The second kappa shape index (κ2) is 5.86. The first-order chi connectivity index (χ1) is 7.58. The van der Waals surface area contributed by atoms with Crippen LogP contribution < -0.4 is 10.1 Å². The van der Waals surface area contributed by atoms with Crippen molar-refractivity contribution in [3.05, 3.63) is 28.2 Å². The van der Waals surface area contributed by atoms with Gasteiger partial charge in [-0.05, 0) is 30.7 Å². The lowest BCUT2D eigenvalue weighted by atomic mass is 10.2. The number of hydrogen-bond acceptors (Lipinski definition) is 3. The molecule has 0 aliphatic heterocycles. The molecular weight excluding hydrogens is 274 g/mol. The molecule has 0 fully saturated rings. The fourth-order valence-corrected chi connectivity index (χ4v) is 1.58. The Morgan fingerprint density at radius 1 is 1.62 bits per heavy atom. The van der Waals surface area contributed by atoms with Gasteiger partial charge in [-0.25, -0.2) is 0 Å². The first-order valence-electron chi connectivity index (χ1n) is 4.86. The van der Waals surface area contributed by atoms with E-state index >= 15 is 0 Å². The Labute approximate surface area is 103 Å². The molecular formula is C11H14BrNO3. The van der Waals surface area contributed by atoms with Gasteiger partial charge in [0.1, 0.15) is 5.75 Å². The number of nitrogens with one attached hydrogen (secondary N) is 1. The van der Waals surface area contributed by atoms with Crippen molar-refractivity contribution < 1.29 is 14.6 Å². The van der Waals surface area contributed by atoms with Crippen LogP contribution in [-0.4, -0.2) is 24.2 Å². The molecule has 0 bridgehead atoms. The minimum atomic E-state index is -0.558. The van der Waals surface area contributed by atoms with E-state index < -0.39 is 6.10 Å². The summed E-state index contributed by atoms with van der Waals surface area (Å²) in [5.41, 5.74) is 0.724. The van der Waals surface area contributed by atoms with E-state index in [2.05, 4.69) is 21.2 Å². The van der Waals surface area contributed by atoms with Gasteiger partial charge in [0.25, 0.3) is 5.91 Å². The largest absolute Gasteiger partial charge is 0.481 e. The van der Waals surface area contributed by atoms with Crippen molar-refractivity contribution in [3.8, 4) is 5.75 Å². The number of benzene rings is 1. The van der Waals surface area contributed by atoms with Gasteiger partial charge < -0.3 is 15.2 Å². The van der Waals surface area contributed by atoms with Gasteiger partial charge in [0, 0.05) is 11.5 Å². The maximum atomic E-state index is 11.2. The lowest BCUT2D eigenvalue weighted by molar-refractivity contribution is -0.126. The summed E-state index contributed by atoms with van der Waals surface area (Å²) in [6.07, 6.45) is -0.558. The molecule has 0 spiro atoms. The smallest absolute Gasteiger partial charge is 0.260 e. The molecule has 0 aromatic heterocycles. The predicted molar refractivity (Wildman–Crippen MR) is 64.2 cm³/mol. The predicted octanol–water partition coefficient (Wildman–Crippen LogP) is 1.45. The van der Waals surface area contributed by atoms with Crippen LogP contribution >= 0.6 is 15.9 Å². The average molecular weight is 288 g/mol. The van der Waals surface area contributed by atoms with Gasteiger partial charge in [-0.1, -0.05) is 15.9 Å². The zero-order valence-electron chi connectivity index (χ0n) is 9.16. The quantitative estimate of drug-likeness (QED) is 0.881. The number of halogens is 1. The zero-order valence-corrected chi connectivity index (χ0v) is 10.7. The number of hydrogen-bond donors (Lipinski definition) is 2. The van der Waals surface area contributed by atoms with Gasteiger partial charge in [-0.3, -0.25) is 4.79 Å². The Morgan fingerprint density at radius 2 is 2.31 bits per heavy atom. The molecule has 16 heavy (non-hydrogen) atoms. The van der Waals surface area contributed by atoms with Crippen molar-refractivity contribution in [1.82, 2.24) is 5.32 Å². The molecule has 0 saturated carbocycles. The van der Waals surface area contributed by atoms with Crippen LogP contribution in [0, 0.1) is 0 Å². The fraction of sp³-hybridized carbons (Fsp3) is 0.364. The fourth-order valence-electron chi connectivity index (χ4n) is 1.21. The third-order valence-electron chi connectivity index (χ3n) is 2.12. The first kappa shape index (κ1) is 13.0. The molecule has 0 saturated heterocycles. The molecule has 88 valence electrons. The average Bonchev–Trinajstić information content (AvgIpc) is 2.30. The maximum Gasteiger partial charge on any atom is 0.260 e. The molecule has 1 unspecified atom stereocenters. The number of likely N-dealkylation sites (N-methyl/N-ethyl adjacent to an activating group) is 1. The SMILES string of the molecule is CNC(=O)C(C)Oc1ccc(Br)c(CO)c1. The molecule has 4 nitrogen and oxygen atoms in total. The summed E-state index contributed by atoms with van der Waals surface area (Å²) in [5.74, 6) is 0.372. The second-order valence-corrected chi connectivity index (χ2v) is 4.14. The highest BCUT2D eigenvalue weighted by Gasteiger charge is 2.13. The molecule has 1 aromatic carbocycles. The van der Waals surface area contributed by atoms with Crippen LogP contribution in [-0.2, 0) is 11.4 Å². The zero-order chi connectivity index (χ0) is 12.1. The Morgan fingerprint density at radius 3 is 2.88 bits per heavy atom. The molecule has 0 radical (unpaired) electrons. The monoisotopic (exact) mass is 287 g/mol. The number of aliphatic hydroxyl groups is 1. The highest BCUT2D eigenvalue weighted by molar-refractivity contribution is 9.10. The normalized spacial score (nSPS) is 12.0. The van der Waals surface area contributed by atoms with Crippen LogP contribution in [0.25, 0.3) is 0 Å². The number of ether oxygens (including phenoxy) is 1. The number of amides is 1. The minimum Gasteiger partial charge on any atom is -0.481 e. The van der Waals surface area contributed by atoms with Crippen LogP contribution in [0.15, 0.2) is 22.7 Å². The van der Waals surface area contributed by atoms with Crippen molar-refractivity contribution in [2.75, 3.05) is 7.05 Å². The standard InChI is InChI=1S/C11H14BrNO3/c1-7(11(15)13-2)16-9-3-4-10(12)8(5-9)6-14/h3-5,7,14H,6H2,1-2H3,(H,13,15). The van der Waals surface area contributed by atoms with Crippen molar-refractivity contribution in [3.63, 3.8) is 0 Å². The summed E-state index contributed by atoms with van der Waals surface area (Å²) in [6.45, 7) is 1.59. The third-order valence-corrected chi connectivity index (χ3v) is 2.89. The Balaban J connectivity index is 2.78. The van der Waals surface area contributed by atoms with E-state index in [1.807, 2.05) is 0 Å². The Bertz CT molecular complexity index is 381. The molecule has 1 rings (SSSR count). The summed E-state index contributed by atoms with van der Waals surface area (Å²) < 4.78 is 6.24. The lowest BCUT2D eigenvalue weighted by Gasteiger charge is -2.14. The van der Waals surface area contributed by atoms with E-state index in [0.717, 1.165) is 10.0 Å². The number of carbonyl (C=O) groups is 1. The van der Waals surface area contributed by atoms with Crippen LogP contribution in [0.4, 0.5) is 0 Å². The highest BCUT2D eigenvalue weighted by Crippen LogP contribution is 2.23. The highest BCUT2D eigenvalue weighted by atomic mass is 79.9. The number of aliphatic hydroxyl groups excluding tert-OH is 1. The summed E-state index contributed by atoms with van der Waals surface area (Å²) in [4.78, 5) is 11.2. The first-order valence-corrected chi connectivity index (χ1v) is 5.65. The molecule has 1 aromatic rings. The van der Waals surface area contributed by atoms with Crippen molar-refractivity contribution >= 4 is 21.8 Å². The van der Waals surface area contributed by atoms with Crippen LogP contribution in [0.2, 0.25) is 0 Å². The summed E-state index contributed by atoms with van der Waals surface area (Å²) in [7, 11) is 1.56. The van der Waals surface area contributed by atoms with E-state index in [9.17, 15) is 4.79 Å². The molecule has 2 N–H and O–H groups in total. The van der Waals surface area contributed by atoms with Gasteiger partial charge in [0.15, 0.2) is 6.10 Å². The van der Waals surface area contributed by atoms with Crippen molar-refractivity contribution in [1.29, 1.82) is 0 Å². The van der Waals surface area contributed by atoms with E-state index in [1.165, 1.54) is 0 Å². The van der Waals surface area contributed by atoms with Crippen LogP contribution in [0.3, 0.4) is 0 Å². The van der Waals surface area contributed by atoms with Crippen molar-refractivity contribution in [2.45, 2.75) is 19.6 Å². The van der Waals surface area contributed by atoms with Gasteiger partial charge in [0.2, 0.25) is 0 Å². The van der Waals surface area contributed by atoms with Gasteiger partial charge in [-0.15, -0.1) is 0 Å². The molecule has 0 aliphatic rings. The lowest BCUT2D eigenvalue weighted by Crippen LogP contribution is -2.33. The maximum absolute atomic E-state index is 11.2. The van der Waals surface area contributed by atoms with E-state index in [-0.39, 0.29) is 12.5 Å². The molecule has 1 amide bonds. The second-order valence-electron chi connectivity index (χ2n) is 3.29.